The Labute approximate surface area is 112 Å². The van der Waals surface area contributed by atoms with Crippen molar-refractivity contribution in [3.05, 3.63) is 46.1 Å². The Kier molecular flexibility index (Phi) is 3.65. The lowest BCUT2D eigenvalue weighted by molar-refractivity contribution is -0.116. The first-order chi connectivity index (χ1) is 9.47. The van der Waals surface area contributed by atoms with Crippen molar-refractivity contribution in [2.75, 3.05) is 5.32 Å². The third-order valence-corrected chi connectivity index (χ3v) is 2.46. The average molecular weight is 277 g/mol. The van der Waals surface area contributed by atoms with Crippen LogP contribution in [0, 0.1) is 6.92 Å². The van der Waals surface area contributed by atoms with Gasteiger partial charge in [0.2, 0.25) is 5.91 Å². The monoisotopic (exact) mass is 277 g/mol. The lowest BCUT2D eigenvalue weighted by Crippen LogP contribution is -2.30. The molecule has 2 rings (SSSR count). The van der Waals surface area contributed by atoms with Crippen LogP contribution in [0.5, 0.6) is 0 Å². The summed E-state index contributed by atoms with van der Waals surface area (Å²) < 4.78 is 5.78. The third-order valence-electron chi connectivity index (χ3n) is 2.46. The number of aryl methyl sites for hydroxylation is 1. The molecule has 8 heteroatoms. The van der Waals surface area contributed by atoms with Gasteiger partial charge in [0.1, 0.15) is 17.9 Å². The van der Waals surface area contributed by atoms with Crippen LogP contribution in [-0.4, -0.2) is 26.7 Å². The molecular formula is C12H11N3O5. The van der Waals surface area contributed by atoms with Crippen molar-refractivity contribution in [2.24, 2.45) is 0 Å². The van der Waals surface area contributed by atoms with E-state index in [1.54, 1.807) is 6.92 Å². The number of aromatic nitrogens is 2. The van der Waals surface area contributed by atoms with Gasteiger partial charge in [0.25, 0.3) is 5.56 Å². The summed E-state index contributed by atoms with van der Waals surface area (Å²) in [7, 11) is 0. The molecule has 0 aliphatic carbocycles. The van der Waals surface area contributed by atoms with Gasteiger partial charge in [-0.05, 0) is 19.1 Å². The molecule has 0 fully saturated rings. The highest BCUT2D eigenvalue weighted by Gasteiger charge is 2.13. The number of carbonyl (C=O) groups excluding carboxylic acids is 1. The van der Waals surface area contributed by atoms with Crippen LogP contribution in [0.3, 0.4) is 0 Å². The first-order valence-electron chi connectivity index (χ1n) is 5.63. The molecule has 2 N–H and O–H groups in total. The molecule has 0 aromatic carbocycles. The van der Waals surface area contributed by atoms with Crippen LogP contribution in [0.1, 0.15) is 16.1 Å². The second-order valence-corrected chi connectivity index (χ2v) is 4.03. The second kappa shape index (κ2) is 5.39. The van der Waals surface area contributed by atoms with Crippen LogP contribution in [0.25, 0.3) is 0 Å². The topological polar surface area (TPSA) is 114 Å². The van der Waals surface area contributed by atoms with Gasteiger partial charge in [0.05, 0.1) is 0 Å². The Bertz CT molecular complexity index is 716. The lowest BCUT2D eigenvalue weighted by atomic mass is 10.3. The quantitative estimate of drug-likeness (QED) is 0.840. The summed E-state index contributed by atoms with van der Waals surface area (Å²) in [6.45, 7) is 1.36. The molecule has 0 saturated heterocycles. The maximum Gasteiger partial charge on any atom is 0.341 e. The zero-order valence-corrected chi connectivity index (χ0v) is 10.5. The maximum absolute atomic E-state index is 11.8. The molecule has 1 amide bonds. The van der Waals surface area contributed by atoms with Gasteiger partial charge in [0, 0.05) is 12.3 Å². The van der Waals surface area contributed by atoms with E-state index in [2.05, 4.69) is 10.5 Å². The number of amides is 1. The van der Waals surface area contributed by atoms with E-state index in [0.717, 1.165) is 4.57 Å². The van der Waals surface area contributed by atoms with Crippen molar-refractivity contribution in [2.45, 2.75) is 13.5 Å². The number of aromatic carboxylic acids is 1. The summed E-state index contributed by atoms with van der Waals surface area (Å²) in [6, 6.07) is 4.09. The van der Waals surface area contributed by atoms with Crippen LogP contribution >= 0.6 is 0 Å². The van der Waals surface area contributed by atoms with Crippen LogP contribution in [0.2, 0.25) is 0 Å². The van der Waals surface area contributed by atoms with Crippen molar-refractivity contribution < 1.29 is 19.2 Å². The average Bonchev–Trinajstić information content (AvgIpc) is 2.77. The molecule has 0 spiro atoms. The minimum Gasteiger partial charge on any atom is -0.477 e. The van der Waals surface area contributed by atoms with Gasteiger partial charge in [0.15, 0.2) is 5.82 Å². The highest BCUT2D eigenvalue weighted by Crippen LogP contribution is 2.06. The predicted molar refractivity (Wildman–Crippen MR) is 67.5 cm³/mol. The summed E-state index contributed by atoms with van der Waals surface area (Å²) in [4.78, 5) is 34.3. The highest BCUT2D eigenvalue weighted by molar-refractivity contribution is 5.90. The van der Waals surface area contributed by atoms with Crippen LogP contribution < -0.4 is 10.9 Å². The Morgan fingerprint density at radius 3 is 2.85 bits per heavy atom. The van der Waals surface area contributed by atoms with Crippen molar-refractivity contribution in [1.29, 1.82) is 0 Å². The van der Waals surface area contributed by atoms with Crippen molar-refractivity contribution in [3.8, 4) is 0 Å². The second-order valence-electron chi connectivity index (χ2n) is 4.03. The fourth-order valence-electron chi connectivity index (χ4n) is 1.59. The van der Waals surface area contributed by atoms with E-state index in [4.69, 9.17) is 9.63 Å². The number of nitrogens with zero attached hydrogens (tertiary/aromatic N) is 2. The van der Waals surface area contributed by atoms with Crippen LogP contribution in [-0.2, 0) is 11.3 Å². The van der Waals surface area contributed by atoms with Crippen molar-refractivity contribution in [3.63, 3.8) is 0 Å². The zero-order valence-electron chi connectivity index (χ0n) is 10.5. The number of anilines is 1. The van der Waals surface area contributed by atoms with Crippen molar-refractivity contribution >= 4 is 17.7 Å². The molecular weight excluding hydrogens is 266 g/mol. The molecule has 0 radical (unpaired) electrons. The fraction of sp³-hybridized carbons (Fsp3) is 0.167. The predicted octanol–water partition coefficient (Wildman–Crippen LogP) is 0.482. The number of pyridine rings is 1. The number of nitrogens with one attached hydrogen (secondary N) is 1. The maximum atomic E-state index is 11.8. The first-order valence-corrected chi connectivity index (χ1v) is 5.63. The van der Waals surface area contributed by atoms with Gasteiger partial charge in [-0.2, -0.15) is 0 Å². The zero-order chi connectivity index (χ0) is 14.7. The number of hydrogen-bond acceptors (Lipinski definition) is 5. The molecule has 0 bridgehead atoms. The van der Waals surface area contributed by atoms with E-state index in [0.29, 0.717) is 5.76 Å². The largest absolute Gasteiger partial charge is 0.477 e. The number of carboxylic acid groups (broad SMARTS) is 1. The molecule has 0 unspecified atom stereocenters. The van der Waals surface area contributed by atoms with Gasteiger partial charge >= 0.3 is 5.97 Å². The molecule has 0 aliphatic rings. The summed E-state index contributed by atoms with van der Waals surface area (Å²) in [5.41, 5.74) is -1.14. The summed E-state index contributed by atoms with van der Waals surface area (Å²) >= 11 is 0. The minimum absolute atomic E-state index is 0.231. The van der Waals surface area contributed by atoms with E-state index < -0.39 is 23.0 Å². The SMILES string of the molecule is Cc1cc(NC(=O)Cn2cccc(C(=O)O)c2=O)no1. The molecule has 104 valence electrons. The van der Waals surface area contributed by atoms with E-state index in [-0.39, 0.29) is 12.4 Å². The Hall–Kier alpha value is -2.90. The van der Waals surface area contributed by atoms with Crippen molar-refractivity contribution in [1.82, 2.24) is 9.72 Å². The highest BCUT2D eigenvalue weighted by atomic mass is 16.5. The minimum atomic E-state index is -1.34. The van der Waals surface area contributed by atoms with E-state index in [9.17, 15) is 14.4 Å². The number of hydrogen-bond donors (Lipinski definition) is 2. The standard InChI is InChI=1S/C12H11N3O5/c1-7-5-9(14-20-7)13-10(16)6-15-4-2-3-8(11(15)17)12(18)19/h2-5H,6H2,1H3,(H,18,19)(H,13,14,16). The van der Waals surface area contributed by atoms with E-state index in [1.165, 1.54) is 24.4 Å². The molecule has 0 atom stereocenters. The smallest absolute Gasteiger partial charge is 0.341 e. The molecule has 2 heterocycles. The summed E-state index contributed by atoms with van der Waals surface area (Å²) in [6.07, 6.45) is 1.34. The molecule has 0 saturated carbocycles. The molecule has 20 heavy (non-hydrogen) atoms. The van der Waals surface area contributed by atoms with Crippen LogP contribution in [0.4, 0.5) is 5.82 Å². The normalized spacial score (nSPS) is 10.2. The Balaban J connectivity index is 2.14. The van der Waals surface area contributed by atoms with Crippen LogP contribution in [0.15, 0.2) is 33.7 Å². The molecule has 8 nitrogen and oxygen atoms in total. The van der Waals surface area contributed by atoms with Gasteiger partial charge in [-0.25, -0.2) is 4.79 Å². The van der Waals surface area contributed by atoms with E-state index >= 15 is 0 Å². The number of carboxylic acids is 1. The molecule has 0 aliphatic heterocycles. The van der Waals surface area contributed by atoms with Gasteiger partial charge in [-0.3, -0.25) is 9.59 Å². The van der Waals surface area contributed by atoms with Gasteiger partial charge in [-0.15, -0.1) is 0 Å². The number of rotatable bonds is 4. The molecule has 2 aromatic heterocycles. The van der Waals surface area contributed by atoms with E-state index in [1.807, 2.05) is 0 Å². The third kappa shape index (κ3) is 2.91. The lowest BCUT2D eigenvalue weighted by Gasteiger charge is -2.05. The van der Waals surface area contributed by atoms with Gasteiger partial charge in [-0.1, -0.05) is 5.16 Å². The first kappa shape index (κ1) is 13.5. The molecule has 2 aromatic rings. The summed E-state index contributed by atoms with van der Waals surface area (Å²) in [5.74, 6) is -1.08. The Morgan fingerprint density at radius 1 is 1.50 bits per heavy atom. The summed E-state index contributed by atoms with van der Waals surface area (Å²) in [5, 5.41) is 14.8. The van der Waals surface area contributed by atoms with Gasteiger partial charge < -0.3 is 19.5 Å². The Morgan fingerprint density at radius 2 is 2.25 bits per heavy atom. The fourth-order valence-corrected chi connectivity index (χ4v) is 1.59. The number of carbonyl (C=O) groups is 2.